The lowest BCUT2D eigenvalue weighted by atomic mass is 9.89. The molecular formula is C12H25N3. The Labute approximate surface area is 93.4 Å². The monoisotopic (exact) mass is 211 g/mol. The van der Waals surface area contributed by atoms with Crippen LogP contribution in [0, 0.1) is 0 Å². The highest BCUT2D eigenvalue weighted by molar-refractivity contribution is 4.87. The zero-order chi connectivity index (χ0) is 10.7. The summed E-state index contributed by atoms with van der Waals surface area (Å²) in [4.78, 5) is 2.42. The summed E-state index contributed by atoms with van der Waals surface area (Å²) in [7, 11) is 2.21. The van der Waals surface area contributed by atoms with Gasteiger partial charge in [0.15, 0.2) is 0 Å². The first-order valence-corrected chi connectivity index (χ1v) is 6.46. The topological polar surface area (TPSA) is 41.3 Å². The van der Waals surface area contributed by atoms with Crippen molar-refractivity contribution in [1.82, 2.24) is 10.2 Å². The Morgan fingerprint density at radius 1 is 1.07 bits per heavy atom. The highest BCUT2D eigenvalue weighted by atomic mass is 15.1. The molecule has 3 heteroatoms. The van der Waals surface area contributed by atoms with Crippen LogP contribution in [0.25, 0.3) is 0 Å². The van der Waals surface area contributed by atoms with Gasteiger partial charge in [-0.15, -0.1) is 0 Å². The molecule has 2 aliphatic rings. The van der Waals surface area contributed by atoms with Crippen LogP contribution in [-0.4, -0.2) is 43.2 Å². The Morgan fingerprint density at radius 3 is 2.40 bits per heavy atom. The summed E-state index contributed by atoms with van der Waals surface area (Å²) < 4.78 is 0. The number of likely N-dealkylation sites (tertiary alicyclic amines) is 1. The third kappa shape index (κ3) is 3.16. The van der Waals surface area contributed by atoms with E-state index in [1.165, 1.54) is 51.6 Å². The van der Waals surface area contributed by atoms with Crippen molar-refractivity contribution in [3.05, 3.63) is 0 Å². The quantitative estimate of drug-likeness (QED) is 0.714. The van der Waals surface area contributed by atoms with Gasteiger partial charge < -0.3 is 16.0 Å². The average molecular weight is 211 g/mol. The predicted molar refractivity (Wildman–Crippen MR) is 63.9 cm³/mol. The van der Waals surface area contributed by atoms with E-state index in [1.807, 2.05) is 0 Å². The fourth-order valence-electron chi connectivity index (χ4n) is 2.84. The molecule has 15 heavy (non-hydrogen) atoms. The first kappa shape index (κ1) is 11.4. The number of nitrogens with zero attached hydrogens (tertiary/aromatic N) is 1. The zero-order valence-corrected chi connectivity index (χ0v) is 9.91. The van der Waals surface area contributed by atoms with Crippen molar-refractivity contribution < 1.29 is 0 Å². The maximum Gasteiger partial charge on any atom is 0.0221 e. The second kappa shape index (κ2) is 5.28. The minimum Gasteiger partial charge on any atom is -0.326 e. The number of hydrogen-bond donors (Lipinski definition) is 2. The molecular weight excluding hydrogens is 186 g/mol. The van der Waals surface area contributed by atoms with Crippen molar-refractivity contribution in [2.45, 2.75) is 56.7 Å². The molecule has 2 atom stereocenters. The summed E-state index contributed by atoms with van der Waals surface area (Å²) in [6, 6.07) is 1.71. The summed E-state index contributed by atoms with van der Waals surface area (Å²) >= 11 is 0. The van der Waals surface area contributed by atoms with Crippen LogP contribution >= 0.6 is 0 Å². The number of nitrogens with one attached hydrogen (secondary N) is 1. The van der Waals surface area contributed by atoms with Gasteiger partial charge in [0.2, 0.25) is 0 Å². The van der Waals surface area contributed by atoms with Gasteiger partial charge in [0.05, 0.1) is 0 Å². The lowest BCUT2D eigenvalue weighted by Crippen LogP contribution is -2.53. The van der Waals surface area contributed by atoms with Crippen LogP contribution in [0.1, 0.15) is 38.5 Å². The minimum atomic E-state index is 0.401. The lowest BCUT2D eigenvalue weighted by molar-refractivity contribution is 0.206. The highest BCUT2D eigenvalue weighted by Gasteiger charge is 2.25. The van der Waals surface area contributed by atoms with Gasteiger partial charge in [-0.3, -0.25) is 0 Å². The molecule has 2 fully saturated rings. The minimum absolute atomic E-state index is 0.401. The second-order valence-corrected chi connectivity index (χ2v) is 5.30. The van der Waals surface area contributed by atoms with E-state index < -0.39 is 0 Å². The van der Waals surface area contributed by atoms with E-state index in [2.05, 4.69) is 17.3 Å². The van der Waals surface area contributed by atoms with E-state index >= 15 is 0 Å². The van der Waals surface area contributed by atoms with Crippen LogP contribution in [0.4, 0.5) is 0 Å². The first-order valence-electron chi connectivity index (χ1n) is 6.46. The average Bonchev–Trinajstić information content (AvgIpc) is 2.25. The summed E-state index contributed by atoms with van der Waals surface area (Å²) in [6.07, 6.45) is 7.77. The van der Waals surface area contributed by atoms with Gasteiger partial charge in [-0.05, 0) is 45.8 Å². The van der Waals surface area contributed by atoms with Crippen LogP contribution in [0.15, 0.2) is 0 Å². The van der Waals surface area contributed by atoms with Crippen molar-refractivity contribution >= 4 is 0 Å². The molecule has 0 aromatic heterocycles. The molecule has 1 aliphatic heterocycles. The molecule has 0 radical (unpaired) electrons. The van der Waals surface area contributed by atoms with Gasteiger partial charge >= 0.3 is 0 Å². The maximum atomic E-state index is 6.15. The molecule has 1 saturated carbocycles. The molecule has 0 aromatic carbocycles. The molecule has 3 nitrogen and oxygen atoms in total. The normalized spacial score (nSPS) is 35.6. The molecule has 0 bridgehead atoms. The van der Waals surface area contributed by atoms with Gasteiger partial charge in [-0.2, -0.15) is 0 Å². The van der Waals surface area contributed by atoms with E-state index in [0.717, 1.165) is 6.04 Å². The Morgan fingerprint density at radius 2 is 1.73 bits per heavy atom. The number of rotatable bonds is 2. The van der Waals surface area contributed by atoms with Crippen LogP contribution in [-0.2, 0) is 0 Å². The van der Waals surface area contributed by atoms with E-state index in [1.54, 1.807) is 0 Å². The van der Waals surface area contributed by atoms with Gasteiger partial charge in [0, 0.05) is 18.1 Å². The predicted octanol–water partition coefficient (Wildman–Crippen LogP) is 0.940. The highest BCUT2D eigenvalue weighted by Crippen LogP contribution is 2.19. The van der Waals surface area contributed by atoms with E-state index in [0.29, 0.717) is 12.1 Å². The van der Waals surface area contributed by atoms with Crippen molar-refractivity contribution in [2.24, 2.45) is 5.73 Å². The van der Waals surface area contributed by atoms with E-state index in [4.69, 9.17) is 5.73 Å². The van der Waals surface area contributed by atoms with Crippen molar-refractivity contribution in [3.63, 3.8) is 0 Å². The standard InChI is InChI=1S/C12H25N3/c1-15-8-6-10(7-9-15)14-12-5-3-2-4-11(12)13/h10-12,14H,2-9,13H2,1H3/t11-,12-/m1/s1. The summed E-state index contributed by atoms with van der Waals surface area (Å²) in [5, 5.41) is 3.78. The Kier molecular flexibility index (Phi) is 4.00. The molecule has 0 spiro atoms. The zero-order valence-electron chi connectivity index (χ0n) is 9.91. The Bertz CT molecular complexity index is 187. The summed E-state index contributed by atoms with van der Waals surface area (Å²) in [5.74, 6) is 0. The third-order valence-electron chi connectivity index (χ3n) is 3.99. The van der Waals surface area contributed by atoms with Gasteiger partial charge in [0.1, 0.15) is 0 Å². The molecule has 1 saturated heterocycles. The Balaban J connectivity index is 1.75. The van der Waals surface area contributed by atoms with Crippen molar-refractivity contribution in [3.8, 4) is 0 Å². The van der Waals surface area contributed by atoms with E-state index in [9.17, 15) is 0 Å². The van der Waals surface area contributed by atoms with Crippen LogP contribution in [0.3, 0.4) is 0 Å². The van der Waals surface area contributed by atoms with Crippen LogP contribution < -0.4 is 11.1 Å². The fourth-order valence-corrected chi connectivity index (χ4v) is 2.84. The molecule has 88 valence electrons. The molecule has 3 N–H and O–H groups in total. The van der Waals surface area contributed by atoms with Crippen LogP contribution in [0.2, 0.25) is 0 Å². The number of hydrogen-bond acceptors (Lipinski definition) is 3. The lowest BCUT2D eigenvalue weighted by Gasteiger charge is -2.36. The smallest absolute Gasteiger partial charge is 0.0221 e. The largest absolute Gasteiger partial charge is 0.326 e. The van der Waals surface area contributed by atoms with Gasteiger partial charge in [0.25, 0.3) is 0 Å². The van der Waals surface area contributed by atoms with Gasteiger partial charge in [-0.25, -0.2) is 0 Å². The first-order chi connectivity index (χ1) is 7.25. The molecule has 2 rings (SSSR count). The van der Waals surface area contributed by atoms with Crippen molar-refractivity contribution in [2.75, 3.05) is 20.1 Å². The molecule has 1 aliphatic carbocycles. The number of piperidine rings is 1. The molecule has 0 unspecified atom stereocenters. The Hall–Kier alpha value is -0.120. The van der Waals surface area contributed by atoms with E-state index in [-0.39, 0.29) is 0 Å². The van der Waals surface area contributed by atoms with Crippen molar-refractivity contribution in [1.29, 1.82) is 0 Å². The summed E-state index contributed by atoms with van der Waals surface area (Å²) in [6.45, 7) is 2.47. The number of nitrogens with two attached hydrogens (primary N) is 1. The summed E-state index contributed by atoms with van der Waals surface area (Å²) in [5.41, 5.74) is 6.15. The fraction of sp³-hybridized carbons (Fsp3) is 1.00. The van der Waals surface area contributed by atoms with Crippen LogP contribution in [0.5, 0.6) is 0 Å². The molecule has 1 heterocycles. The maximum absolute atomic E-state index is 6.15. The molecule has 0 aromatic rings. The third-order valence-corrected chi connectivity index (χ3v) is 3.99. The molecule has 0 amide bonds. The SMILES string of the molecule is CN1CCC(N[C@@H]2CCCC[C@H]2N)CC1. The van der Waals surface area contributed by atoms with Gasteiger partial charge in [-0.1, -0.05) is 12.8 Å². The second-order valence-electron chi connectivity index (χ2n) is 5.30.